The molecule has 0 heterocycles. The van der Waals surface area contributed by atoms with Gasteiger partial charge in [-0.25, -0.2) is 0 Å². The fourth-order valence-electron chi connectivity index (χ4n) is 1.39. The molecular weight excluding hydrogens is 176 g/mol. The summed E-state index contributed by atoms with van der Waals surface area (Å²) in [6, 6.07) is 7.07. The second-order valence-electron chi connectivity index (χ2n) is 3.67. The lowest BCUT2D eigenvalue weighted by atomic mass is 10.1. The van der Waals surface area contributed by atoms with Gasteiger partial charge in [-0.3, -0.25) is 0 Å². The summed E-state index contributed by atoms with van der Waals surface area (Å²) in [4.78, 5) is 0. The van der Waals surface area contributed by atoms with Gasteiger partial charge < -0.3 is 9.84 Å². The molecule has 1 rings (SSSR count). The van der Waals surface area contributed by atoms with Gasteiger partial charge in [0.2, 0.25) is 0 Å². The second-order valence-corrected chi connectivity index (χ2v) is 3.67. The van der Waals surface area contributed by atoms with Crippen LogP contribution in [-0.2, 0) is 0 Å². The third kappa shape index (κ3) is 3.29. The average Bonchev–Trinajstić information content (AvgIpc) is 2.17. The highest BCUT2D eigenvalue weighted by molar-refractivity contribution is 5.37. The largest absolute Gasteiger partial charge is 0.504 e. The van der Waals surface area contributed by atoms with E-state index in [0.29, 0.717) is 18.3 Å². The number of phenolic OH excluding ortho intramolecular Hbond substituents is 1. The number of ether oxygens (including phenoxy) is 1. The van der Waals surface area contributed by atoms with Crippen molar-refractivity contribution in [3.8, 4) is 11.5 Å². The number of hydrogen-bond acceptors (Lipinski definition) is 2. The maximum absolute atomic E-state index is 9.43. The Hall–Kier alpha value is -1.18. The minimum Gasteiger partial charge on any atom is -0.504 e. The molecule has 78 valence electrons. The Labute approximate surface area is 85.5 Å². The molecule has 1 atom stereocenters. The topological polar surface area (TPSA) is 29.5 Å². The standard InChI is InChI=1S/C12H18O2/c1-3-6-10(2)9-14-12-8-5-4-7-11(12)13/h4-5,7-8,10,13H,3,6,9H2,1-2H3. The fraction of sp³-hybridized carbons (Fsp3) is 0.500. The molecule has 1 N–H and O–H groups in total. The lowest BCUT2D eigenvalue weighted by Gasteiger charge is -2.12. The van der Waals surface area contributed by atoms with E-state index in [-0.39, 0.29) is 5.75 Å². The lowest BCUT2D eigenvalue weighted by molar-refractivity contribution is 0.242. The summed E-state index contributed by atoms with van der Waals surface area (Å²) in [6.07, 6.45) is 2.33. The van der Waals surface area contributed by atoms with Gasteiger partial charge >= 0.3 is 0 Å². The van der Waals surface area contributed by atoms with E-state index < -0.39 is 0 Å². The van der Waals surface area contributed by atoms with Crippen molar-refractivity contribution in [2.45, 2.75) is 26.7 Å². The predicted molar refractivity (Wildman–Crippen MR) is 57.7 cm³/mol. The van der Waals surface area contributed by atoms with E-state index in [9.17, 15) is 5.11 Å². The highest BCUT2D eigenvalue weighted by Crippen LogP contribution is 2.25. The van der Waals surface area contributed by atoms with Gasteiger partial charge in [0.05, 0.1) is 6.61 Å². The van der Waals surface area contributed by atoms with Gasteiger partial charge in [0.25, 0.3) is 0 Å². The molecule has 0 amide bonds. The van der Waals surface area contributed by atoms with Crippen molar-refractivity contribution in [2.24, 2.45) is 5.92 Å². The van der Waals surface area contributed by atoms with Crippen LogP contribution in [0.2, 0.25) is 0 Å². The number of phenols is 1. The van der Waals surface area contributed by atoms with Gasteiger partial charge in [0, 0.05) is 0 Å². The maximum Gasteiger partial charge on any atom is 0.160 e. The molecule has 0 radical (unpaired) electrons. The molecule has 1 aromatic rings. The highest BCUT2D eigenvalue weighted by atomic mass is 16.5. The zero-order valence-corrected chi connectivity index (χ0v) is 8.86. The van der Waals surface area contributed by atoms with Crippen molar-refractivity contribution in [1.29, 1.82) is 0 Å². The van der Waals surface area contributed by atoms with E-state index in [1.807, 2.05) is 6.07 Å². The van der Waals surface area contributed by atoms with Gasteiger partial charge in [-0.05, 0) is 24.5 Å². The zero-order valence-electron chi connectivity index (χ0n) is 8.86. The summed E-state index contributed by atoms with van der Waals surface area (Å²) in [6.45, 7) is 4.99. The number of para-hydroxylation sites is 2. The Balaban J connectivity index is 2.41. The van der Waals surface area contributed by atoms with Crippen LogP contribution < -0.4 is 4.74 Å². The van der Waals surface area contributed by atoms with Crippen LogP contribution in [0.25, 0.3) is 0 Å². The first kappa shape index (κ1) is 10.9. The molecule has 0 saturated carbocycles. The molecule has 2 heteroatoms. The molecule has 0 spiro atoms. The monoisotopic (exact) mass is 194 g/mol. The van der Waals surface area contributed by atoms with Crippen LogP contribution in [0.3, 0.4) is 0 Å². The summed E-state index contributed by atoms with van der Waals surface area (Å²) in [7, 11) is 0. The van der Waals surface area contributed by atoms with Gasteiger partial charge in [-0.15, -0.1) is 0 Å². The van der Waals surface area contributed by atoms with Crippen LogP contribution in [0, 0.1) is 5.92 Å². The Morgan fingerprint density at radius 3 is 2.71 bits per heavy atom. The first-order valence-corrected chi connectivity index (χ1v) is 5.14. The molecule has 1 unspecified atom stereocenters. The van der Waals surface area contributed by atoms with Crippen LogP contribution in [0.5, 0.6) is 11.5 Å². The van der Waals surface area contributed by atoms with Gasteiger partial charge in [-0.2, -0.15) is 0 Å². The summed E-state index contributed by atoms with van der Waals surface area (Å²) in [5.74, 6) is 1.34. The van der Waals surface area contributed by atoms with Crippen molar-refractivity contribution < 1.29 is 9.84 Å². The minimum absolute atomic E-state index is 0.219. The number of benzene rings is 1. The van der Waals surface area contributed by atoms with E-state index in [0.717, 1.165) is 6.42 Å². The fourth-order valence-corrected chi connectivity index (χ4v) is 1.39. The molecule has 14 heavy (non-hydrogen) atoms. The second kappa shape index (κ2) is 5.53. The van der Waals surface area contributed by atoms with Crippen molar-refractivity contribution in [2.75, 3.05) is 6.61 Å². The first-order chi connectivity index (χ1) is 6.74. The predicted octanol–water partition coefficient (Wildman–Crippen LogP) is 3.21. The minimum atomic E-state index is 0.219. The smallest absolute Gasteiger partial charge is 0.160 e. The van der Waals surface area contributed by atoms with Gasteiger partial charge in [0.15, 0.2) is 11.5 Å². The van der Waals surface area contributed by atoms with Crippen molar-refractivity contribution in [3.63, 3.8) is 0 Å². The Bertz CT molecular complexity index is 271. The molecular formula is C12H18O2. The van der Waals surface area contributed by atoms with E-state index in [1.165, 1.54) is 6.42 Å². The molecule has 0 aliphatic rings. The van der Waals surface area contributed by atoms with Gasteiger partial charge in [-0.1, -0.05) is 32.4 Å². The molecule has 0 saturated heterocycles. The van der Waals surface area contributed by atoms with Crippen LogP contribution in [0.15, 0.2) is 24.3 Å². The molecule has 1 aromatic carbocycles. The SMILES string of the molecule is CCCC(C)COc1ccccc1O. The molecule has 0 fully saturated rings. The van der Waals surface area contributed by atoms with E-state index in [4.69, 9.17) is 4.74 Å². The summed E-state index contributed by atoms with van der Waals surface area (Å²) in [5, 5.41) is 9.43. The third-order valence-electron chi connectivity index (χ3n) is 2.17. The number of aromatic hydroxyl groups is 1. The number of rotatable bonds is 5. The van der Waals surface area contributed by atoms with E-state index in [1.54, 1.807) is 18.2 Å². The summed E-state index contributed by atoms with van der Waals surface area (Å²) in [5.41, 5.74) is 0. The maximum atomic E-state index is 9.43. The Morgan fingerprint density at radius 2 is 2.07 bits per heavy atom. The molecule has 0 bridgehead atoms. The molecule has 0 aliphatic carbocycles. The van der Waals surface area contributed by atoms with Crippen molar-refractivity contribution in [1.82, 2.24) is 0 Å². The van der Waals surface area contributed by atoms with Crippen LogP contribution in [0.1, 0.15) is 26.7 Å². The average molecular weight is 194 g/mol. The number of hydrogen-bond donors (Lipinski definition) is 1. The zero-order chi connectivity index (χ0) is 10.4. The molecule has 2 nitrogen and oxygen atoms in total. The third-order valence-corrected chi connectivity index (χ3v) is 2.17. The van der Waals surface area contributed by atoms with Crippen molar-refractivity contribution >= 4 is 0 Å². The normalized spacial score (nSPS) is 12.4. The van der Waals surface area contributed by atoms with E-state index in [2.05, 4.69) is 13.8 Å². The quantitative estimate of drug-likeness (QED) is 0.780. The van der Waals surface area contributed by atoms with Gasteiger partial charge in [0.1, 0.15) is 0 Å². The Kier molecular flexibility index (Phi) is 4.30. The van der Waals surface area contributed by atoms with Crippen LogP contribution in [0.4, 0.5) is 0 Å². The highest BCUT2D eigenvalue weighted by Gasteiger charge is 2.04. The Morgan fingerprint density at radius 1 is 1.36 bits per heavy atom. The summed E-state index contributed by atoms with van der Waals surface area (Å²) >= 11 is 0. The lowest BCUT2D eigenvalue weighted by Crippen LogP contribution is -2.08. The van der Waals surface area contributed by atoms with Crippen LogP contribution >= 0.6 is 0 Å². The first-order valence-electron chi connectivity index (χ1n) is 5.14. The molecule has 0 aliphatic heterocycles. The van der Waals surface area contributed by atoms with E-state index >= 15 is 0 Å². The molecule has 0 aromatic heterocycles. The van der Waals surface area contributed by atoms with Crippen molar-refractivity contribution in [3.05, 3.63) is 24.3 Å². The van der Waals surface area contributed by atoms with Crippen LogP contribution in [-0.4, -0.2) is 11.7 Å². The summed E-state index contributed by atoms with van der Waals surface area (Å²) < 4.78 is 5.50.